The van der Waals surface area contributed by atoms with Crippen LogP contribution in [-0.2, 0) is 4.79 Å². The summed E-state index contributed by atoms with van der Waals surface area (Å²) >= 11 is 0. The molecule has 0 saturated heterocycles. The monoisotopic (exact) mass is 220 g/mol. The maximum atomic E-state index is 11.1. The van der Waals surface area contributed by atoms with Crippen LogP contribution in [0.3, 0.4) is 0 Å². The van der Waals surface area contributed by atoms with Crippen molar-refractivity contribution < 1.29 is 14.3 Å². The Labute approximate surface area is 95.4 Å². The van der Waals surface area contributed by atoms with E-state index in [1.807, 2.05) is 18.2 Å². The molecule has 3 nitrogen and oxygen atoms in total. The SMILES string of the molecule is COc1ccc(C(C=O)C2CC2)cc1OC. The van der Waals surface area contributed by atoms with Gasteiger partial charge < -0.3 is 14.3 Å². The lowest BCUT2D eigenvalue weighted by molar-refractivity contribution is -0.109. The van der Waals surface area contributed by atoms with Gasteiger partial charge in [-0.3, -0.25) is 0 Å². The standard InChI is InChI=1S/C13H16O3/c1-15-12-6-5-10(7-13(12)16-2)11(8-14)9-3-4-9/h5-9,11H,3-4H2,1-2H3. The molecule has 0 bridgehead atoms. The van der Waals surface area contributed by atoms with Crippen molar-refractivity contribution in [1.29, 1.82) is 0 Å². The molecule has 0 spiro atoms. The van der Waals surface area contributed by atoms with Crippen molar-refractivity contribution in [2.75, 3.05) is 14.2 Å². The minimum atomic E-state index is 0.0137. The zero-order valence-corrected chi connectivity index (χ0v) is 9.60. The first-order valence-electron chi connectivity index (χ1n) is 5.47. The van der Waals surface area contributed by atoms with Crippen molar-refractivity contribution in [3.63, 3.8) is 0 Å². The van der Waals surface area contributed by atoms with E-state index in [2.05, 4.69) is 0 Å². The van der Waals surface area contributed by atoms with Crippen molar-refractivity contribution in [3.8, 4) is 11.5 Å². The van der Waals surface area contributed by atoms with E-state index in [9.17, 15) is 4.79 Å². The number of ether oxygens (including phenoxy) is 2. The summed E-state index contributed by atoms with van der Waals surface area (Å²) in [6, 6.07) is 5.70. The van der Waals surface area contributed by atoms with E-state index in [0.717, 1.165) is 24.7 Å². The summed E-state index contributed by atoms with van der Waals surface area (Å²) in [5.41, 5.74) is 1.02. The third kappa shape index (κ3) is 2.03. The predicted molar refractivity (Wildman–Crippen MR) is 61.1 cm³/mol. The molecule has 0 aliphatic heterocycles. The van der Waals surface area contributed by atoms with Gasteiger partial charge in [0.1, 0.15) is 6.29 Å². The summed E-state index contributed by atoms with van der Waals surface area (Å²) < 4.78 is 10.4. The molecule has 1 fully saturated rings. The number of rotatable bonds is 5. The normalized spacial score (nSPS) is 16.6. The van der Waals surface area contributed by atoms with Gasteiger partial charge in [-0.15, -0.1) is 0 Å². The highest BCUT2D eigenvalue weighted by atomic mass is 16.5. The van der Waals surface area contributed by atoms with Crippen LogP contribution in [0.4, 0.5) is 0 Å². The zero-order valence-electron chi connectivity index (χ0n) is 9.60. The maximum Gasteiger partial charge on any atom is 0.161 e. The quantitative estimate of drug-likeness (QED) is 0.715. The van der Waals surface area contributed by atoms with Crippen molar-refractivity contribution >= 4 is 6.29 Å². The molecule has 1 atom stereocenters. The fourth-order valence-corrected chi connectivity index (χ4v) is 1.98. The molecule has 0 heterocycles. The summed E-state index contributed by atoms with van der Waals surface area (Å²) in [5.74, 6) is 1.93. The largest absolute Gasteiger partial charge is 0.493 e. The van der Waals surface area contributed by atoms with Gasteiger partial charge in [0, 0.05) is 5.92 Å². The van der Waals surface area contributed by atoms with E-state index in [1.165, 1.54) is 0 Å². The molecule has 1 unspecified atom stereocenters. The second-order valence-corrected chi connectivity index (χ2v) is 4.11. The van der Waals surface area contributed by atoms with E-state index >= 15 is 0 Å². The van der Waals surface area contributed by atoms with Gasteiger partial charge in [-0.2, -0.15) is 0 Å². The topological polar surface area (TPSA) is 35.5 Å². The molecule has 1 aliphatic carbocycles. The van der Waals surface area contributed by atoms with Gasteiger partial charge in [0.05, 0.1) is 14.2 Å². The first kappa shape index (κ1) is 11.0. The van der Waals surface area contributed by atoms with Crippen LogP contribution in [-0.4, -0.2) is 20.5 Å². The molecule has 16 heavy (non-hydrogen) atoms. The fourth-order valence-electron chi connectivity index (χ4n) is 1.98. The first-order valence-corrected chi connectivity index (χ1v) is 5.47. The van der Waals surface area contributed by atoms with Crippen LogP contribution in [0.1, 0.15) is 24.3 Å². The third-order valence-corrected chi connectivity index (χ3v) is 3.07. The Morgan fingerprint density at radius 1 is 1.25 bits per heavy atom. The molecule has 1 aliphatic rings. The fraction of sp³-hybridized carbons (Fsp3) is 0.462. The summed E-state index contributed by atoms with van der Waals surface area (Å²) in [4.78, 5) is 11.1. The van der Waals surface area contributed by atoms with E-state index in [1.54, 1.807) is 14.2 Å². The van der Waals surface area contributed by atoms with E-state index in [0.29, 0.717) is 17.4 Å². The van der Waals surface area contributed by atoms with Crippen molar-refractivity contribution in [1.82, 2.24) is 0 Å². The number of hydrogen-bond acceptors (Lipinski definition) is 3. The number of carbonyl (C=O) groups is 1. The smallest absolute Gasteiger partial charge is 0.161 e. The summed E-state index contributed by atoms with van der Waals surface area (Å²) in [5, 5.41) is 0. The lowest BCUT2D eigenvalue weighted by atomic mass is 9.95. The van der Waals surface area contributed by atoms with Crippen molar-refractivity contribution in [2.45, 2.75) is 18.8 Å². The predicted octanol–water partition coefficient (Wildman–Crippen LogP) is 2.40. The van der Waals surface area contributed by atoms with Gasteiger partial charge >= 0.3 is 0 Å². The molecule has 0 radical (unpaired) electrons. The second kappa shape index (κ2) is 4.56. The van der Waals surface area contributed by atoms with Crippen LogP contribution in [0.2, 0.25) is 0 Å². The number of benzene rings is 1. The number of aldehydes is 1. The number of methoxy groups -OCH3 is 2. The Hall–Kier alpha value is -1.51. The first-order chi connectivity index (χ1) is 7.80. The highest BCUT2D eigenvalue weighted by Crippen LogP contribution is 2.43. The van der Waals surface area contributed by atoms with Gasteiger partial charge in [-0.05, 0) is 36.5 Å². The van der Waals surface area contributed by atoms with Crippen molar-refractivity contribution in [3.05, 3.63) is 23.8 Å². The van der Waals surface area contributed by atoms with Crippen LogP contribution in [0.25, 0.3) is 0 Å². The van der Waals surface area contributed by atoms with Gasteiger partial charge in [0.25, 0.3) is 0 Å². The minimum Gasteiger partial charge on any atom is -0.493 e. The Morgan fingerprint density at radius 3 is 2.44 bits per heavy atom. The zero-order chi connectivity index (χ0) is 11.5. The average molecular weight is 220 g/mol. The third-order valence-electron chi connectivity index (χ3n) is 3.07. The van der Waals surface area contributed by atoms with Crippen LogP contribution in [0.15, 0.2) is 18.2 Å². The van der Waals surface area contributed by atoms with Gasteiger partial charge in [-0.25, -0.2) is 0 Å². The van der Waals surface area contributed by atoms with Crippen LogP contribution in [0.5, 0.6) is 11.5 Å². The molecule has 86 valence electrons. The van der Waals surface area contributed by atoms with Crippen molar-refractivity contribution in [2.24, 2.45) is 5.92 Å². The Bertz CT molecular complexity index is 383. The highest BCUT2D eigenvalue weighted by Gasteiger charge is 2.32. The van der Waals surface area contributed by atoms with E-state index < -0.39 is 0 Å². The summed E-state index contributed by atoms with van der Waals surface area (Å²) in [7, 11) is 3.21. The van der Waals surface area contributed by atoms with Gasteiger partial charge in [-0.1, -0.05) is 6.07 Å². The molecule has 3 heteroatoms. The number of carbonyl (C=O) groups excluding carboxylic acids is 1. The van der Waals surface area contributed by atoms with Gasteiger partial charge in [0.15, 0.2) is 11.5 Å². The molecule has 0 amide bonds. The molecule has 2 rings (SSSR count). The Kier molecular flexibility index (Phi) is 3.13. The Morgan fingerprint density at radius 2 is 1.94 bits per heavy atom. The lowest BCUT2D eigenvalue weighted by Crippen LogP contribution is -2.03. The second-order valence-electron chi connectivity index (χ2n) is 4.11. The van der Waals surface area contributed by atoms with E-state index in [4.69, 9.17) is 9.47 Å². The molecular formula is C13H16O3. The minimum absolute atomic E-state index is 0.0137. The van der Waals surface area contributed by atoms with Gasteiger partial charge in [0.2, 0.25) is 0 Å². The molecular weight excluding hydrogens is 204 g/mol. The highest BCUT2D eigenvalue weighted by molar-refractivity contribution is 5.64. The average Bonchev–Trinajstić information content (AvgIpc) is 3.14. The van der Waals surface area contributed by atoms with E-state index in [-0.39, 0.29) is 5.92 Å². The van der Waals surface area contributed by atoms with Crippen LogP contribution < -0.4 is 9.47 Å². The maximum absolute atomic E-state index is 11.1. The lowest BCUT2D eigenvalue weighted by Gasteiger charge is -2.13. The summed E-state index contributed by atoms with van der Waals surface area (Å²) in [6.45, 7) is 0. The molecule has 1 aromatic rings. The summed E-state index contributed by atoms with van der Waals surface area (Å²) in [6.07, 6.45) is 3.34. The van der Waals surface area contributed by atoms with Crippen LogP contribution in [0, 0.1) is 5.92 Å². The van der Waals surface area contributed by atoms with Crippen LogP contribution >= 0.6 is 0 Å². The Balaban J connectivity index is 2.30. The number of hydrogen-bond donors (Lipinski definition) is 0. The molecule has 0 aromatic heterocycles. The molecule has 1 aromatic carbocycles. The molecule has 1 saturated carbocycles. The molecule has 0 N–H and O–H groups in total.